The normalized spacial score (nSPS) is 13.8. The van der Waals surface area contributed by atoms with Gasteiger partial charge in [0.1, 0.15) is 0 Å². The monoisotopic (exact) mass is 448 g/mol. The van der Waals surface area contributed by atoms with Gasteiger partial charge in [-0.1, -0.05) is 12.1 Å². The van der Waals surface area contributed by atoms with Gasteiger partial charge in [0.05, 0.1) is 29.0 Å². The Bertz CT molecular complexity index is 1170. The van der Waals surface area contributed by atoms with E-state index in [0.717, 1.165) is 16.9 Å². The van der Waals surface area contributed by atoms with Gasteiger partial charge in [-0.2, -0.15) is 0 Å². The molecule has 0 unspecified atom stereocenters. The number of para-hydroxylation sites is 2. The van der Waals surface area contributed by atoms with E-state index in [1.807, 2.05) is 45.0 Å². The zero-order valence-electron chi connectivity index (χ0n) is 19.2. The van der Waals surface area contributed by atoms with E-state index in [1.54, 1.807) is 28.0 Å². The van der Waals surface area contributed by atoms with E-state index in [-0.39, 0.29) is 18.4 Å². The van der Waals surface area contributed by atoms with Crippen molar-refractivity contribution in [1.29, 1.82) is 0 Å². The lowest BCUT2D eigenvalue weighted by atomic mass is 10.1. The lowest BCUT2D eigenvalue weighted by molar-refractivity contribution is -0.134. The highest BCUT2D eigenvalue weighted by atomic mass is 16.5. The third-order valence-electron chi connectivity index (χ3n) is 5.74. The van der Waals surface area contributed by atoms with Crippen LogP contribution < -0.4 is 9.47 Å². The van der Waals surface area contributed by atoms with Crippen molar-refractivity contribution in [1.82, 2.24) is 19.8 Å². The molecule has 3 aromatic rings. The summed E-state index contributed by atoms with van der Waals surface area (Å²) in [4.78, 5) is 38.2. The Kier molecular flexibility index (Phi) is 6.72. The summed E-state index contributed by atoms with van der Waals surface area (Å²) >= 11 is 0. The maximum Gasteiger partial charge on any atom is 0.260 e. The topological polar surface area (TPSA) is 84.9 Å². The van der Waals surface area contributed by atoms with Crippen molar-refractivity contribution in [3.05, 3.63) is 59.4 Å². The fourth-order valence-corrected chi connectivity index (χ4v) is 3.78. The van der Waals surface area contributed by atoms with E-state index in [0.29, 0.717) is 55.4 Å². The summed E-state index contributed by atoms with van der Waals surface area (Å²) in [6, 6.07) is 12.7. The number of carbonyl (C=O) groups is 2. The van der Waals surface area contributed by atoms with Crippen molar-refractivity contribution in [2.75, 3.05) is 39.4 Å². The fourth-order valence-electron chi connectivity index (χ4n) is 3.78. The van der Waals surface area contributed by atoms with Gasteiger partial charge >= 0.3 is 0 Å². The number of carbonyl (C=O) groups excluding carboxylic acids is 2. The first-order valence-electron chi connectivity index (χ1n) is 11.1. The number of benzene rings is 2. The number of fused-ring (bicyclic) bond motifs is 1. The van der Waals surface area contributed by atoms with Crippen LogP contribution >= 0.6 is 0 Å². The van der Waals surface area contributed by atoms with E-state index >= 15 is 0 Å². The smallest absolute Gasteiger partial charge is 0.260 e. The van der Waals surface area contributed by atoms with Crippen LogP contribution in [0, 0.1) is 13.8 Å². The van der Waals surface area contributed by atoms with Crippen LogP contribution in [-0.2, 0) is 4.79 Å². The maximum absolute atomic E-state index is 13.0. The molecular weight excluding hydrogens is 420 g/mol. The van der Waals surface area contributed by atoms with E-state index in [9.17, 15) is 9.59 Å². The Labute approximate surface area is 193 Å². The number of amides is 2. The second-order valence-corrected chi connectivity index (χ2v) is 7.94. The molecular formula is C25H28N4O4. The van der Waals surface area contributed by atoms with Gasteiger partial charge in [0, 0.05) is 31.7 Å². The molecule has 0 aliphatic carbocycles. The Morgan fingerprint density at radius 1 is 0.848 bits per heavy atom. The molecule has 1 fully saturated rings. The van der Waals surface area contributed by atoms with Crippen LogP contribution in [0.3, 0.4) is 0 Å². The summed E-state index contributed by atoms with van der Waals surface area (Å²) in [6.45, 7) is 8.05. The number of piperazine rings is 1. The summed E-state index contributed by atoms with van der Waals surface area (Å²) in [6.07, 6.45) is 0. The summed E-state index contributed by atoms with van der Waals surface area (Å²) < 4.78 is 11.2. The first-order chi connectivity index (χ1) is 16.0. The number of aromatic nitrogens is 2. The van der Waals surface area contributed by atoms with E-state index in [2.05, 4.69) is 9.97 Å². The van der Waals surface area contributed by atoms with Crippen molar-refractivity contribution in [2.45, 2.75) is 20.8 Å². The van der Waals surface area contributed by atoms with Crippen LogP contribution in [0.5, 0.6) is 11.5 Å². The van der Waals surface area contributed by atoms with Gasteiger partial charge in [-0.05, 0) is 51.1 Å². The van der Waals surface area contributed by atoms with Crippen LogP contribution in [0.15, 0.2) is 42.5 Å². The summed E-state index contributed by atoms with van der Waals surface area (Å²) in [5, 5.41) is 0. The maximum atomic E-state index is 13.0. The lowest BCUT2D eigenvalue weighted by Crippen LogP contribution is -2.51. The van der Waals surface area contributed by atoms with Crippen molar-refractivity contribution in [3.8, 4) is 11.5 Å². The van der Waals surface area contributed by atoms with Crippen LogP contribution in [0.4, 0.5) is 0 Å². The third-order valence-corrected chi connectivity index (χ3v) is 5.74. The van der Waals surface area contributed by atoms with Crippen molar-refractivity contribution >= 4 is 22.8 Å². The fraction of sp³-hybridized carbons (Fsp3) is 0.360. The van der Waals surface area contributed by atoms with Crippen LogP contribution in [0.2, 0.25) is 0 Å². The quantitative estimate of drug-likeness (QED) is 0.576. The number of hydrogen-bond acceptors (Lipinski definition) is 6. The molecule has 4 rings (SSSR count). The molecule has 0 N–H and O–H groups in total. The molecule has 0 bridgehead atoms. The van der Waals surface area contributed by atoms with E-state index in [4.69, 9.17) is 9.47 Å². The second-order valence-electron chi connectivity index (χ2n) is 7.94. The van der Waals surface area contributed by atoms with Gasteiger partial charge in [-0.15, -0.1) is 0 Å². The first-order valence-corrected chi connectivity index (χ1v) is 11.1. The highest BCUT2D eigenvalue weighted by Crippen LogP contribution is 2.26. The molecule has 2 heterocycles. The predicted octanol–water partition coefficient (Wildman–Crippen LogP) is 3.01. The molecule has 0 saturated carbocycles. The molecule has 1 aromatic heterocycles. The highest BCUT2D eigenvalue weighted by molar-refractivity contribution is 5.97. The molecule has 0 radical (unpaired) electrons. The average molecular weight is 449 g/mol. The average Bonchev–Trinajstić information content (AvgIpc) is 2.83. The van der Waals surface area contributed by atoms with Crippen molar-refractivity contribution in [3.63, 3.8) is 0 Å². The summed E-state index contributed by atoms with van der Waals surface area (Å²) in [5.74, 6) is 0.992. The van der Waals surface area contributed by atoms with Gasteiger partial charge in [-0.3, -0.25) is 9.59 Å². The largest absolute Gasteiger partial charge is 0.490 e. The second kappa shape index (κ2) is 9.85. The molecule has 1 saturated heterocycles. The minimum absolute atomic E-state index is 0.0640. The van der Waals surface area contributed by atoms with E-state index < -0.39 is 0 Å². The minimum atomic E-state index is -0.111. The van der Waals surface area contributed by atoms with Crippen LogP contribution in [-0.4, -0.2) is 71.0 Å². The zero-order chi connectivity index (χ0) is 23.4. The van der Waals surface area contributed by atoms with Crippen LogP contribution in [0.25, 0.3) is 11.0 Å². The molecule has 0 atom stereocenters. The Morgan fingerprint density at radius 3 is 2.12 bits per heavy atom. The zero-order valence-corrected chi connectivity index (χ0v) is 19.2. The van der Waals surface area contributed by atoms with Crippen molar-refractivity contribution in [2.24, 2.45) is 0 Å². The first kappa shape index (κ1) is 22.5. The van der Waals surface area contributed by atoms with E-state index in [1.165, 1.54) is 0 Å². The Morgan fingerprint density at radius 2 is 1.45 bits per heavy atom. The van der Waals surface area contributed by atoms with Gasteiger partial charge in [0.25, 0.3) is 11.8 Å². The standard InChI is InChI=1S/C25H28N4O4/c1-4-32-22-7-5-6-8-23(22)33-16-24(30)28-11-13-29(14-12-28)25(31)19-9-10-20-21(15-19)27-18(3)17(2)26-20/h5-10,15H,4,11-14,16H2,1-3H3. The van der Waals surface area contributed by atoms with Crippen molar-refractivity contribution < 1.29 is 19.1 Å². The molecule has 1 aliphatic rings. The molecule has 172 valence electrons. The Balaban J connectivity index is 1.34. The SMILES string of the molecule is CCOc1ccccc1OCC(=O)N1CCN(C(=O)c2ccc3nc(C)c(C)nc3c2)CC1. The van der Waals surface area contributed by atoms with Crippen LogP contribution in [0.1, 0.15) is 28.7 Å². The summed E-state index contributed by atoms with van der Waals surface area (Å²) in [5.41, 5.74) is 3.80. The van der Waals surface area contributed by atoms with Gasteiger partial charge < -0.3 is 19.3 Å². The third kappa shape index (κ3) is 5.05. The lowest BCUT2D eigenvalue weighted by Gasteiger charge is -2.34. The molecule has 2 amide bonds. The molecule has 8 heteroatoms. The molecule has 33 heavy (non-hydrogen) atoms. The van der Waals surface area contributed by atoms with Gasteiger partial charge in [0.2, 0.25) is 0 Å². The number of nitrogens with zero attached hydrogens (tertiary/aromatic N) is 4. The van der Waals surface area contributed by atoms with Gasteiger partial charge in [-0.25, -0.2) is 9.97 Å². The molecule has 2 aromatic carbocycles. The van der Waals surface area contributed by atoms with Gasteiger partial charge in [0.15, 0.2) is 18.1 Å². The highest BCUT2D eigenvalue weighted by Gasteiger charge is 2.25. The Hall–Kier alpha value is -3.68. The predicted molar refractivity (Wildman–Crippen MR) is 125 cm³/mol. The summed E-state index contributed by atoms with van der Waals surface area (Å²) in [7, 11) is 0. The minimum Gasteiger partial charge on any atom is -0.490 e. The number of hydrogen-bond donors (Lipinski definition) is 0. The number of rotatable bonds is 6. The molecule has 1 aliphatic heterocycles. The molecule has 0 spiro atoms. The number of ether oxygens (including phenoxy) is 2. The number of aryl methyl sites for hydroxylation is 2. The molecule has 8 nitrogen and oxygen atoms in total.